The molecule has 2 aromatic carbocycles. The second-order valence-corrected chi connectivity index (χ2v) is 4.84. The third-order valence-electron chi connectivity index (χ3n) is 3.09. The van der Waals surface area contributed by atoms with Crippen LogP contribution in [0, 0.1) is 0 Å². The first-order valence-electron chi connectivity index (χ1n) is 6.57. The summed E-state index contributed by atoms with van der Waals surface area (Å²) in [5.41, 5.74) is 2.88. The third kappa shape index (κ3) is 2.87. The Kier molecular flexibility index (Phi) is 3.93. The number of benzene rings is 2. The molecule has 0 saturated heterocycles. The Balaban J connectivity index is 1.93. The fourth-order valence-corrected chi connectivity index (χ4v) is 2.08. The van der Waals surface area contributed by atoms with Crippen molar-refractivity contribution in [3.05, 3.63) is 42.5 Å². The van der Waals surface area contributed by atoms with E-state index in [9.17, 15) is 4.79 Å². The smallest absolute Gasteiger partial charge is 0.239 e. The van der Waals surface area contributed by atoms with Gasteiger partial charge in [0.2, 0.25) is 5.91 Å². The Bertz CT molecular complexity index is 814. The number of amides is 1. The molecule has 1 heterocycles. The zero-order chi connectivity index (χ0) is 15.5. The van der Waals surface area contributed by atoms with Gasteiger partial charge in [-0.05, 0) is 42.5 Å². The first-order valence-corrected chi connectivity index (χ1v) is 7.10. The van der Waals surface area contributed by atoms with E-state index in [1.54, 1.807) is 25.3 Å². The van der Waals surface area contributed by atoms with Gasteiger partial charge in [-0.3, -0.25) is 4.79 Å². The summed E-state index contributed by atoms with van der Waals surface area (Å²) in [6.07, 6.45) is 0. The van der Waals surface area contributed by atoms with E-state index >= 15 is 0 Å². The normalized spacial score (nSPS) is 10.6. The van der Waals surface area contributed by atoms with Crippen LogP contribution in [0.4, 0.5) is 5.69 Å². The maximum Gasteiger partial charge on any atom is 0.239 e. The number of anilines is 1. The lowest BCUT2D eigenvalue weighted by molar-refractivity contribution is -0.113. The summed E-state index contributed by atoms with van der Waals surface area (Å²) in [7, 11) is 1.62. The molecule has 3 rings (SSSR count). The number of hydrogen-bond acceptors (Lipinski definition) is 4. The molecule has 0 radical (unpaired) electrons. The number of rotatable bonds is 4. The van der Waals surface area contributed by atoms with Gasteiger partial charge in [0.1, 0.15) is 22.7 Å². The minimum absolute atomic E-state index is 0.0867. The average molecular weight is 317 g/mol. The highest BCUT2D eigenvalue weighted by molar-refractivity contribution is 6.29. The van der Waals surface area contributed by atoms with E-state index in [4.69, 9.17) is 16.3 Å². The molecule has 22 heavy (non-hydrogen) atoms. The Morgan fingerprint density at radius 2 is 1.91 bits per heavy atom. The van der Waals surface area contributed by atoms with Gasteiger partial charge in [-0.25, -0.2) is 0 Å². The molecule has 3 aromatic rings. The van der Waals surface area contributed by atoms with Crippen molar-refractivity contribution in [2.75, 3.05) is 18.3 Å². The van der Waals surface area contributed by atoms with Crippen molar-refractivity contribution < 1.29 is 9.53 Å². The molecule has 0 unspecified atom stereocenters. The number of nitrogens with zero attached hydrogens (tertiary/aromatic N) is 3. The summed E-state index contributed by atoms with van der Waals surface area (Å²) in [5.74, 6) is 0.423. The fourth-order valence-electron chi connectivity index (χ4n) is 2.02. The number of alkyl halides is 1. The van der Waals surface area contributed by atoms with E-state index in [1.807, 2.05) is 24.3 Å². The maximum absolute atomic E-state index is 11.3. The quantitative estimate of drug-likeness (QED) is 0.751. The van der Waals surface area contributed by atoms with Crippen molar-refractivity contribution >= 4 is 34.2 Å². The molecule has 1 amide bonds. The van der Waals surface area contributed by atoms with Gasteiger partial charge < -0.3 is 10.1 Å². The Morgan fingerprint density at radius 3 is 2.59 bits per heavy atom. The van der Waals surface area contributed by atoms with Gasteiger partial charge in [-0.2, -0.15) is 4.80 Å². The zero-order valence-corrected chi connectivity index (χ0v) is 12.5. The van der Waals surface area contributed by atoms with Crippen molar-refractivity contribution in [1.29, 1.82) is 0 Å². The monoisotopic (exact) mass is 316 g/mol. The number of ether oxygens (including phenoxy) is 1. The number of halogens is 1. The van der Waals surface area contributed by atoms with Gasteiger partial charge in [0.05, 0.1) is 12.8 Å². The first-order chi connectivity index (χ1) is 10.7. The topological polar surface area (TPSA) is 69.0 Å². The molecule has 0 aliphatic carbocycles. The summed E-state index contributed by atoms with van der Waals surface area (Å²) in [5, 5.41) is 11.5. The molecule has 0 spiro atoms. The van der Waals surface area contributed by atoms with Gasteiger partial charge in [-0.15, -0.1) is 21.8 Å². The van der Waals surface area contributed by atoms with Gasteiger partial charge in [0.15, 0.2) is 0 Å². The molecule has 6 nitrogen and oxygen atoms in total. The molecule has 0 saturated carbocycles. The summed E-state index contributed by atoms with van der Waals surface area (Å²) >= 11 is 5.47. The summed E-state index contributed by atoms with van der Waals surface area (Å²) in [4.78, 5) is 12.8. The summed E-state index contributed by atoms with van der Waals surface area (Å²) in [6, 6.07) is 12.7. The lowest BCUT2D eigenvalue weighted by Gasteiger charge is -2.01. The van der Waals surface area contributed by atoms with Crippen molar-refractivity contribution in [1.82, 2.24) is 15.0 Å². The highest BCUT2D eigenvalue weighted by Gasteiger charge is 2.07. The Morgan fingerprint density at radius 1 is 1.18 bits per heavy atom. The van der Waals surface area contributed by atoms with Gasteiger partial charge in [-0.1, -0.05) is 0 Å². The van der Waals surface area contributed by atoms with E-state index in [1.165, 1.54) is 4.80 Å². The van der Waals surface area contributed by atoms with Crippen molar-refractivity contribution in [2.45, 2.75) is 0 Å². The standard InChI is InChI=1S/C15H13ClN4O2/c1-22-12-5-3-11(4-6-12)20-18-13-7-2-10(8-14(13)19-20)17-15(21)9-16/h2-8H,9H2,1H3,(H,17,21). The van der Waals surface area contributed by atoms with Crippen LogP contribution >= 0.6 is 11.6 Å². The van der Waals surface area contributed by atoms with Crippen LogP contribution in [0.2, 0.25) is 0 Å². The summed E-state index contributed by atoms with van der Waals surface area (Å²) < 4.78 is 5.13. The number of methoxy groups -OCH3 is 1. The van der Waals surface area contributed by atoms with Crippen LogP contribution in [-0.2, 0) is 4.79 Å². The first kappa shape index (κ1) is 14.3. The molecule has 0 fully saturated rings. The SMILES string of the molecule is COc1ccc(-n2nc3ccc(NC(=O)CCl)cc3n2)cc1. The van der Waals surface area contributed by atoms with E-state index in [0.29, 0.717) is 11.2 Å². The van der Waals surface area contributed by atoms with Crippen LogP contribution < -0.4 is 10.1 Å². The number of hydrogen-bond donors (Lipinski definition) is 1. The van der Waals surface area contributed by atoms with Crippen LogP contribution in [0.3, 0.4) is 0 Å². The molecule has 0 bridgehead atoms. The van der Waals surface area contributed by atoms with Gasteiger partial charge in [0.25, 0.3) is 0 Å². The highest BCUT2D eigenvalue weighted by Crippen LogP contribution is 2.19. The van der Waals surface area contributed by atoms with Crippen LogP contribution in [0.25, 0.3) is 16.7 Å². The number of carbonyl (C=O) groups is 1. The lowest BCUT2D eigenvalue weighted by Crippen LogP contribution is -2.12. The van der Waals surface area contributed by atoms with Crippen LogP contribution in [-0.4, -0.2) is 33.9 Å². The molecular weight excluding hydrogens is 304 g/mol. The molecule has 112 valence electrons. The van der Waals surface area contributed by atoms with Crippen molar-refractivity contribution in [3.8, 4) is 11.4 Å². The summed E-state index contributed by atoms with van der Waals surface area (Å²) in [6.45, 7) is 0. The minimum Gasteiger partial charge on any atom is -0.497 e. The molecule has 0 aliphatic rings. The highest BCUT2D eigenvalue weighted by atomic mass is 35.5. The second-order valence-electron chi connectivity index (χ2n) is 4.57. The lowest BCUT2D eigenvalue weighted by atomic mass is 10.3. The van der Waals surface area contributed by atoms with E-state index in [0.717, 1.165) is 17.0 Å². The van der Waals surface area contributed by atoms with E-state index in [-0.39, 0.29) is 11.8 Å². The Hall–Kier alpha value is -2.60. The molecule has 0 atom stereocenters. The van der Waals surface area contributed by atoms with Crippen LogP contribution in [0.5, 0.6) is 5.75 Å². The van der Waals surface area contributed by atoms with E-state index in [2.05, 4.69) is 15.5 Å². The van der Waals surface area contributed by atoms with E-state index < -0.39 is 0 Å². The number of carbonyl (C=O) groups excluding carboxylic acids is 1. The minimum atomic E-state index is -0.261. The maximum atomic E-state index is 11.3. The van der Waals surface area contributed by atoms with Gasteiger partial charge >= 0.3 is 0 Å². The van der Waals surface area contributed by atoms with Gasteiger partial charge in [0, 0.05) is 5.69 Å². The molecule has 1 N–H and O–H groups in total. The fraction of sp³-hybridized carbons (Fsp3) is 0.133. The predicted molar refractivity (Wildman–Crippen MR) is 84.8 cm³/mol. The third-order valence-corrected chi connectivity index (χ3v) is 3.33. The largest absolute Gasteiger partial charge is 0.497 e. The molecular formula is C15H13ClN4O2. The number of nitrogens with one attached hydrogen (secondary N) is 1. The molecule has 0 aliphatic heterocycles. The van der Waals surface area contributed by atoms with Crippen LogP contribution in [0.1, 0.15) is 0 Å². The number of aromatic nitrogens is 3. The molecule has 1 aromatic heterocycles. The predicted octanol–water partition coefficient (Wildman–Crippen LogP) is 2.61. The molecule has 7 heteroatoms. The van der Waals surface area contributed by atoms with Crippen molar-refractivity contribution in [3.63, 3.8) is 0 Å². The Labute approximate surface area is 131 Å². The number of fused-ring (bicyclic) bond motifs is 1. The second kappa shape index (κ2) is 6.03. The van der Waals surface area contributed by atoms with Crippen molar-refractivity contribution in [2.24, 2.45) is 0 Å². The zero-order valence-electron chi connectivity index (χ0n) is 11.8. The average Bonchev–Trinajstić information content (AvgIpc) is 2.98. The van der Waals surface area contributed by atoms with Crippen LogP contribution in [0.15, 0.2) is 42.5 Å².